The van der Waals surface area contributed by atoms with Gasteiger partial charge >= 0.3 is 13.5 Å². The minimum atomic E-state index is -4.26. The fourth-order valence-corrected chi connectivity index (χ4v) is 2.48. The van der Waals surface area contributed by atoms with Gasteiger partial charge in [-0.2, -0.15) is 4.98 Å². The lowest BCUT2D eigenvalue weighted by Gasteiger charge is -2.23. The number of likely N-dealkylation sites (N-methyl/N-ethyl adjacent to an activating group) is 1. The van der Waals surface area contributed by atoms with E-state index in [-0.39, 0.29) is 12.4 Å². The van der Waals surface area contributed by atoms with E-state index in [0.717, 1.165) is 4.57 Å². The highest BCUT2D eigenvalue weighted by atomic mass is 31.2. The van der Waals surface area contributed by atoms with Crippen molar-refractivity contribution in [1.82, 2.24) is 9.55 Å². The van der Waals surface area contributed by atoms with E-state index in [1.807, 2.05) is 21.1 Å². The smallest absolute Gasteiger partial charge is 0.394 e. The summed E-state index contributed by atoms with van der Waals surface area (Å²) in [5.41, 5.74) is 4.63. The molecule has 0 radical (unpaired) electrons. The summed E-state index contributed by atoms with van der Waals surface area (Å²) in [6.45, 7) is 0.199. The van der Waals surface area contributed by atoms with Gasteiger partial charge in [0.2, 0.25) is 0 Å². The Bertz CT molecular complexity index is 732. The standard InChI is InChI=1S/C9H13N3O5.C5H14NO4P/c10-5-1-2-12(9(16)11-5)8-7(15)6(14)4(3-13)17-8;1-6(2,3)4-5-10-11(7,8)9/h1-2,4,6-8,13-15H,3H2,(H2,10,11,16);4-5H2,1-3H3,(H-,7,8,9)/p+1/t4-,6-,7-,8-;/m1./s1. The third-order valence-electron chi connectivity index (χ3n) is 3.66. The van der Waals surface area contributed by atoms with Gasteiger partial charge in [-0.25, -0.2) is 9.36 Å². The van der Waals surface area contributed by atoms with Gasteiger partial charge in [0, 0.05) is 6.20 Å². The van der Waals surface area contributed by atoms with E-state index in [1.165, 1.54) is 12.3 Å². The summed E-state index contributed by atoms with van der Waals surface area (Å²) in [5, 5.41) is 28.2. The molecule has 1 fully saturated rings. The van der Waals surface area contributed by atoms with Gasteiger partial charge in [-0.15, -0.1) is 0 Å². The maximum absolute atomic E-state index is 11.5. The van der Waals surface area contributed by atoms with Crippen LogP contribution >= 0.6 is 7.82 Å². The van der Waals surface area contributed by atoms with Crippen LogP contribution in [0.2, 0.25) is 0 Å². The van der Waals surface area contributed by atoms with Crippen molar-refractivity contribution in [1.29, 1.82) is 0 Å². The number of nitrogens with two attached hydrogens (primary N) is 1. The van der Waals surface area contributed by atoms with Crippen molar-refractivity contribution in [3.63, 3.8) is 0 Å². The summed E-state index contributed by atoms with van der Waals surface area (Å²) in [7, 11) is 1.50. The van der Waals surface area contributed by atoms with Crippen molar-refractivity contribution in [2.45, 2.75) is 24.5 Å². The van der Waals surface area contributed by atoms with Crippen LogP contribution in [0.3, 0.4) is 0 Å². The van der Waals surface area contributed by atoms with Crippen LogP contribution in [0.1, 0.15) is 6.23 Å². The molecule has 1 aliphatic heterocycles. The molecule has 28 heavy (non-hydrogen) atoms. The molecule has 4 atom stereocenters. The van der Waals surface area contributed by atoms with Crippen LogP contribution in [0.5, 0.6) is 0 Å². The van der Waals surface area contributed by atoms with Gasteiger partial charge in [0.25, 0.3) is 0 Å². The van der Waals surface area contributed by atoms with Crippen LogP contribution in [0.4, 0.5) is 5.82 Å². The number of aliphatic hydroxyl groups is 3. The number of aromatic nitrogens is 2. The van der Waals surface area contributed by atoms with Crippen molar-refractivity contribution < 1.29 is 43.4 Å². The Kier molecular flexibility index (Phi) is 8.68. The van der Waals surface area contributed by atoms with E-state index < -0.39 is 44.7 Å². The molecule has 0 bridgehead atoms. The summed E-state index contributed by atoms with van der Waals surface area (Å²) in [5.74, 6) is 0.0537. The van der Waals surface area contributed by atoms with Crippen LogP contribution in [-0.2, 0) is 13.8 Å². The van der Waals surface area contributed by atoms with Crippen LogP contribution < -0.4 is 11.4 Å². The predicted molar refractivity (Wildman–Crippen MR) is 96.8 cm³/mol. The number of rotatable bonds is 6. The molecule has 2 rings (SSSR count). The quantitative estimate of drug-likeness (QED) is 0.203. The number of nitrogen functional groups attached to an aromatic ring is 1. The van der Waals surface area contributed by atoms with Crippen molar-refractivity contribution in [3.8, 4) is 0 Å². The van der Waals surface area contributed by atoms with E-state index in [2.05, 4.69) is 9.51 Å². The van der Waals surface area contributed by atoms with Gasteiger partial charge in [0.1, 0.15) is 37.3 Å². The first-order valence-electron chi connectivity index (χ1n) is 8.23. The van der Waals surface area contributed by atoms with Crippen molar-refractivity contribution in [3.05, 3.63) is 22.7 Å². The molecular weight excluding hydrogens is 399 g/mol. The molecule has 2 heterocycles. The average Bonchev–Trinajstić information content (AvgIpc) is 2.81. The molecule has 14 heteroatoms. The normalized spacial score (nSPS) is 25.3. The van der Waals surface area contributed by atoms with E-state index in [4.69, 9.17) is 25.4 Å². The molecule has 0 aromatic carbocycles. The second-order valence-electron chi connectivity index (χ2n) is 7.11. The molecular formula is C14H28N4O9P+. The summed E-state index contributed by atoms with van der Waals surface area (Å²) >= 11 is 0. The Hall–Kier alpha value is -1.41. The summed E-state index contributed by atoms with van der Waals surface area (Å²) in [4.78, 5) is 31.6. The number of anilines is 1. The van der Waals surface area contributed by atoms with E-state index in [9.17, 15) is 19.6 Å². The summed E-state index contributed by atoms with van der Waals surface area (Å²) in [6, 6.07) is 1.37. The molecule has 1 aliphatic rings. The second kappa shape index (κ2) is 9.87. The molecule has 1 aromatic heterocycles. The SMILES string of the molecule is C[N+](C)(C)CCOP(=O)(O)O.Nc1ccn([C@@H]2O[C@H](CO)[C@@H](O)[C@H]2O)c(=O)n1. The van der Waals surface area contributed by atoms with Crippen LogP contribution in [0, 0.1) is 0 Å². The maximum atomic E-state index is 11.5. The average molecular weight is 427 g/mol. The molecule has 0 aliphatic carbocycles. The van der Waals surface area contributed by atoms with Crippen LogP contribution in [0.15, 0.2) is 17.1 Å². The van der Waals surface area contributed by atoms with Gasteiger partial charge in [0.15, 0.2) is 6.23 Å². The number of hydrogen-bond donors (Lipinski definition) is 6. The zero-order valence-corrected chi connectivity index (χ0v) is 16.7. The zero-order chi connectivity index (χ0) is 21.7. The zero-order valence-electron chi connectivity index (χ0n) is 15.8. The first-order chi connectivity index (χ1) is 12.7. The lowest BCUT2D eigenvalue weighted by Crippen LogP contribution is -2.37. The lowest BCUT2D eigenvalue weighted by atomic mass is 10.1. The number of quaternary nitrogens is 1. The Balaban J connectivity index is 0.000000311. The second-order valence-corrected chi connectivity index (χ2v) is 8.35. The highest BCUT2D eigenvalue weighted by Crippen LogP contribution is 2.35. The van der Waals surface area contributed by atoms with E-state index in [0.29, 0.717) is 11.0 Å². The highest BCUT2D eigenvalue weighted by molar-refractivity contribution is 7.46. The molecule has 0 unspecified atom stereocenters. The first kappa shape index (κ1) is 24.6. The van der Waals surface area contributed by atoms with Crippen LogP contribution in [0.25, 0.3) is 0 Å². The predicted octanol–water partition coefficient (Wildman–Crippen LogP) is -2.76. The van der Waals surface area contributed by atoms with Gasteiger partial charge in [0.05, 0.1) is 27.7 Å². The Morgan fingerprint density at radius 2 is 1.93 bits per heavy atom. The monoisotopic (exact) mass is 427 g/mol. The van der Waals surface area contributed by atoms with Crippen LogP contribution in [-0.4, -0.2) is 98.4 Å². The van der Waals surface area contributed by atoms with Gasteiger partial charge in [-0.05, 0) is 6.07 Å². The number of aliphatic hydroxyl groups excluding tert-OH is 3. The molecule has 1 aromatic rings. The van der Waals surface area contributed by atoms with Crippen molar-refractivity contribution >= 4 is 13.6 Å². The summed E-state index contributed by atoms with van der Waals surface area (Å²) < 4.78 is 21.3. The van der Waals surface area contributed by atoms with Crippen molar-refractivity contribution in [2.24, 2.45) is 0 Å². The minimum Gasteiger partial charge on any atom is -0.394 e. The molecule has 1 saturated heterocycles. The number of hydrogen-bond acceptors (Lipinski definition) is 9. The molecule has 0 amide bonds. The number of ether oxygens (including phenoxy) is 1. The third-order valence-corrected chi connectivity index (χ3v) is 4.18. The van der Waals surface area contributed by atoms with Gasteiger partial charge in [-0.3, -0.25) is 9.09 Å². The number of nitrogens with zero attached hydrogens (tertiary/aromatic N) is 3. The van der Waals surface area contributed by atoms with E-state index >= 15 is 0 Å². The Morgan fingerprint density at radius 1 is 1.32 bits per heavy atom. The highest BCUT2D eigenvalue weighted by Gasteiger charge is 2.43. The summed E-state index contributed by atoms with van der Waals surface area (Å²) in [6.07, 6.45) is -3.27. The molecule has 162 valence electrons. The Morgan fingerprint density at radius 3 is 2.36 bits per heavy atom. The minimum absolute atomic E-state index is 0.0537. The fraction of sp³-hybridized carbons (Fsp3) is 0.714. The first-order valence-corrected chi connectivity index (χ1v) is 9.76. The Labute approximate surface area is 161 Å². The molecule has 7 N–H and O–H groups in total. The number of phosphoric ester groups is 1. The lowest BCUT2D eigenvalue weighted by molar-refractivity contribution is -0.870. The van der Waals surface area contributed by atoms with Gasteiger partial charge < -0.3 is 40.1 Å². The fourth-order valence-electron chi connectivity index (χ4n) is 2.16. The maximum Gasteiger partial charge on any atom is 0.469 e. The van der Waals surface area contributed by atoms with E-state index in [1.54, 1.807) is 0 Å². The van der Waals surface area contributed by atoms with Crippen molar-refractivity contribution in [2.75, 3.05) is 46.6 Å². The molecule has 13 nitrogen and oxygen atoms in total. The number of phosphoric acid groups is 1. The third kappa shape index (κ3) is 7.91. The topological polar surface area (TPSA) is 198 Å². The van der Waals surface area contributed by atoms with Gasteiger partial charge in [-0.1, -0.05) is 0 Å². The molecule has 0 saturated carbocycles. The largest absolute Gasteiger partial charge is 0.469 e. The molecule has 0 spiro atoms.